The number of benzene rings is 2. The van der Waals surface area contributed by atoms with Crippen LogP contribution in [0.2, 0.25) is 0 Å². The van der Waals surface area contributed by atoms with Crippen LogP contribution in [0.5, 0.6) is 0 Å². The average Bonchev–Trinajstić information content (AvgIpc) is 3.01. The van der Waals surface area contributed by atoms with E-state index in [1.165, 1.54) is 39.0 Å². The molecule has 0 aliphatic carbocycles. The smallest absolute Gasteiger partial charge is 0.283 e. The Hall–Kier alpha value is -2.81. The van der Waals surface area contributed by atoms with Gasteiger partial charge >= 0.3 is 0 Å². The van der Waals surface area contributed by atoms with Crippen molar-refractivity contribution in [1.82, 2.24) is 4.90 Å². The van der Waals surface area contributed by atoms with Gasteiger partial charge in [-0.2, -0.15) is 0 Å². The number of nitrogens with zero attached hydrogens (tertiary/aromatic N) is 3. The number of fused-ring (bicyclic) bond motifs is 1. The van der Waals surface area contributed by atoms with Gasteiger partial charge < -0.3 is 4.90 Å². The summed E-state index contributed by atoms with van der Waals surface area (Å²) in [5, 5.41) is 2.62. The molecule has 1 aliphatic rings. The molecular formula is C27H34N3+. The molecule has 1 aromatic heterocycles. The topological polar surface area (TPSA) is 10.4 Å². The molecule has 3 aromatic rings. The van der Waals surface area contributed by atoms with E-state index in [1.54, 1.807) is 0 Å². The lowest BCUT2D eigenvalue weighted by atomic mass is 9.87. The quantitative estimate of drug-likeness (QED) is 0.515. The summed E-state index contributed by atoms with van der Waals surface area (Å²) in [5.74, 6) is 1.23. The largest absolute Gasteiger partial charge is 0.339 e. The van der Waals surface area contributed by atoms with E-state index in [9.17, 15) is 0 Å². The first-order chi connectivity index (χ1) is 14.2. The monoisotopic (exact) mass is 400 g/mol. The highest BCUT2D eigenvalue weighted by Gasteiger charge is 2.31. The van der Waals surface area contributed by atoms with Crippen molar-refractivity contribution in [3.05, 3.63) is 72.1 Å². The van der Waals surface area contributed by atoms with E-state index in [2.05, 4.69) is 124 Å². The Kier molecular flexibility index (Phi) is 5.09. The van der Waals surface area contributed by atoms with Crippen LogP contribution in [0.3, 0.4) is 0 Å². The van der Waals surface area contributed by atoms with E-state index < -0.39 is 0 Å². The van der Waals surface area contributed by atoms with Crippen molar-refractivity contribution in [3.63, 3.8) is 0 Å². The Balaban J connectivity index is 1.93. The zero-order valence-corrected chi connectivity index (χ0v) is 19.4. The molecule has 3 heteroatoms. The number of hydrogen-bond donors (Lipinski definition) is 0. The summed E-state index contributed by atoms with van der Waals surface area (Å²) in [7, 11) is 4.33. The molecule has 4 rings (SSSR count). The highest BCUT2D eigenvalue weighted by atomic mass is 15.4. The fourth-order valence-electron chi connectivity index (χ4n) is 4.52. The first kappa shape index (κ1) is 20.5. The molecule has 2 heterocycles. The van der Waals surface area contributed by atoms with Gasteiger partial charge in [0.05, 0.1) is 7.05 Å². The minimum Gasteiger partial charge on any atom is -0.339 e. The van der Waals surface area contributed by atoms with Crippen molar-refractivity contribution < 1.29 is 4.57 Å². The highest BCUT2D eigenvalue weighted by molar-refractivity contribution is 5.90. The number of aryl methyl sites for hydroxylation is 1. The molecule has 30 heavy (non-hydrogen) atoms. The first-order valence-electron chi connectivity index (χ1n) is 10.9. The maximum absolute atomic E-state index is 2.39. The Morgan fingerprint density at radius 3 is 2.40 bits per heavy atom. The number of hydrogen-bond acceptors (Lipinski definition) is 2. The summed E-state index contributed by atoms with van der Waals surface area (Å²) < 4.78 is 2.35. The van der Waals surface area contributed by atoms with E-state index in [0.29, 0.717) is 6.17 Å². The molecular weight excluding hydrogens is 366 g/mol. The van der Waals surface area contributed by atoms with E-state index >= 15 is 0 Å². The zero-order chi connectivity index (χ0) is 21.6. The van der Waals surface area contributed by atoms with E-state index in [1.807, 2.05) is 0 Å². The van der Waals surface area contributed by atoms with Gasteiger partial charge in [-0.05, 0) is 59.7 Å². The lowest BCUT2D eigenvalue weighted by Gasteiger charge is -2.24. The summed E-state index contributed by atoms with van der Waals surface area (Å²) in [6, 6.07) is 18.0. The molecule has 0 N–H and O–H groups in total. The minimum atomic E-state index is 0.232. The third-order valence-corrected chi connectivity index (χ3v) is 6.27. The van der Waals surface area contributed by atoms with Crippen LogP contribution < -0.4 is 9.47 Å². The van der Waals surface area contributed by atoms with Crippen LogP contribution in [0.4, 0.5) is 5.82 Å². The lowest BCUT2D eigenvalue weighted by molar-refractivity contribution is -0.647. The van der Waals surface area contributed by atoms with Crippen LogP contribution in [0.15, 0.2) is 60.9 Å². The van der Waals surface area contributed by atoms with Gasteiger partial charge in [-0.1, -0.05) is 51.1 Å². The second-order valence-corrected chi connectivity index (χ2v) is 9.87. The fourth-order valence-corrected chi connectivity index (χ4v) is 4.52. The molecule has 0 unspecified atom stereocenters. The Labute approximate surface area is 181 Å². The van der Waals surface area contributed by atoms with Crippen molar-refractivity contribution in [2.75, 3.05) is 11.9 Å². The molecule has 0 fully saturated rings. The third-order valence-electron chi connectivity index (χ3n) is 6.27. The predicted molar refractivity (Wildman–Crippen MR) is 127 cm³/mol. The number of pyridine rings is 1. The van der Waals surface area contributed by atoms with Gasteiger partial charge in [0.15, 0.2) is 6.17 Å². The SMILES string of the molecule is Cc1c(-c2cc(CC(C)(C)C)cc(N3C=CN(C)[C@H]3C)[n+]2C)ccc2ccccc12. The minimum absolute atomic E-state index is 0.232. The van der Waals surface area contributed by atoms with Gasteiger partial charge in [0.1, 0.15) is 11.9 Å². The predicted octanol–water partition coefficient (Wildman–Crippen LogP) is 5.80. The highest BCUT2D eigenvalue weighted by Crippen LogP contribution is 2.32. The lowest BCUT2D eigenvalue weighted by Crippen LogP contribution is -2.44. The summed E-state index contributed by atoms with van der Waals surface area (Å²) in [4.78, 5) is 4.61. The van der Waals surface area contributed by atoms with Gasteiger partial charge in [-0.15, -0.1) is 0 Å². The summed E-state index contributed by atoms with van der Waals surface area (Å²) in [6.07, 6.45) is 5.69. The molecule has 0 spiro atoms. The van der Waals surface area contributed by atoms with Gasteiger partial charge in [0.25, 0.3) is 5.82 Å². The van der Waals surface area contributed by atoms with E-state index in [0.717, 1.165) is 6.42 Å². The van der Waals surface area contributed by atoms with E-state index in [-0.39, 0.29) is 5.41 Å². The van der Waals surface area contributed by atoms with Crippen molar-refractivity contribution in [2.45, 2.75) is 47.2 Å². The average molecular weight is 401 g/mol. The summed E-state index contributed by atoms with van der Waals surface area (Å²) in [6.45, 7) is 11.4. The van der Waals surface area contributed by atoms with Crippen LogP contribution in [0.1, 0.15) is 38.8 Å². The van der Waals surface area contributed by atoms with Gasteiger partial charge in [-0.3, -0.25) is 0 Å². The van der Waals surface area contributed by atoms with Gasteiger partial charge in [-0.25, -0.2) is 9.47 Å². The first-order valence-corrected chi connectivity index (χ1v) is 10.9. The molecule has 0 radical (unpaired) electrons. The maximum Gasteiger partial charge on any atom is 0.283 e. The second kappa shape index (κ2) is 7.46. The maximum atomic E-state index is 2.39. The molecule has 1 aliphatic heterocycles. The molecule has 0 saturated carbocycles. The number of anilines is 1. The molecule has 1 atom stereocenters. The molecule has 2 aromatic carbocycles. The van der Waals surface area contributed by atoms with Crippen LogP contribution in [0, 0.1) is 12.3 Å². The van der Waals surface area contributed by atoms with Gasteiger partial charge in [0, 0.05) is 24.9 Å². The van der Waals surface area contributed by atoms with Crippen molar-refractivity contribution in [2.24, 2.45) is 12.5 Å². The number of aromatic nitrogens is 1. The van der Waals surface area contributed by atoms with Crippen molar-refractivity contribution in [3.8, 4) is 11.3 Å². The normalized spacial score (nSPS) is 16.7. The molecule has 156 valence electrons. The summed E-state index contributed by atoms with van der Waals surface area (Å²) >= 11 is 0. The van der Waals surface area contributed by atoms with Crippen LogP contribution in [-0.4, -0.2) is 18.1 Å². The van der Waals surface area contributed by atoms with Crippen molar-refractivity contribution >= 4 is 16.6 Å². The van der Waals surface area contributed by atoms with Crippen molar-refractivity contribution in [1.29, 1.82) is 0 Å². The van der Waals surface area contributed by atoms with Crippen LogP contribution in [-0.2, 0) is 13.5 Å². The fraction of sp³-hybridized carbons (Fsp3) is 0.370. The number of rotatable bonds is 3. The van der Waals surface area contributed by atoms with E-state index in [4.69, 9.17) is 0 Å². The van der Waals surface area contributed by atoms with Crippen LogP contribution in [0.25, 0.3) is 22.0 Å². The van der Waals surface area contributed by atoms with Crippen LogP contribution >= 0.6 is 0 Å². The molecule has 0 saturated heterocycles. The summed E-state index contributed by atoms with van der Waals surface area (Å²) in [5.41, 5.74) is 5.52. The Morgan fingerprint density at radius 2 is 1.73 bits per heavy atom. The standard InChI is InChI=1S/C27H34N3/c1-19-23-11-9-8-10-22(23)12-13-24(19)25-16-21(18-27(3,4)5)17-26(29(25)7)30-15-14-28(6)20(30)2/h8-17,20H,18H2,1-7H3/q+1/t20-/m1/s1. The Morgan fingerprint density at radius 1 is 1.00 bits per heavy atom. The second-order valence-electron chi connectivity index (χ2n) is 9.87. The molecule has 3 nitrogen and oxygen atoms in total. The molecule has 0 amide bonds. The van der Waals surface area contributed by atoms with Gasteiger partial charge in [0.2, 0.25) is 0 Å². The molecule has 0 bridgehead atoms. The third kappa shape index (κ3) is 3.69. The zero-order valence-electron chi connectivity index (χ0n) is 19.4. The Bertz CT molecular complexity index is 1120.